The lowest BCUT2D eigenvalue weighted by Gasteiger charge is -2.48. The zero-order chi connectivity index (χ0) is 66.1. The Bertz CT molecular complexity index is 2030. The quantitative estimate of drug-likeness (QED) is 0.0199. The summed E-state index contributed by atoms with van der Waals surface area (Å²) in [5.41, 5.74) is 0. The van der Waals surface area contributed by atoms with Crippen LogP contribution in [0.15, 0.2) is 97.2 Å². The summed E-state index contributed by atoms with van der Waals surface area (Å²) in [6.45, 7) is 1.66. The van der Waals surface area contributed by atoms with Crippen LogP contribution in [0.4, 0.5) is 0 Å². The average molecular weight is 1290 g/mol. The largest absolute Gasteiger partial charge is 0.394 e. The lowest BCUT2D eigenvalue weighted by Crippen LogP contribution is -2.66. The predicted octanol–water partition coefficient (Wildman–Crippen LogP) is 9.27. The highest BCUT2D eigenvalue weighted by molar-refractivity contribution is 5.76. The second kappa shape index (κ2) is 52.9. The Morgan fingerprint density at radius 1 is 0.407 bits per heavy atom. The molecule has 91 heavy (non-hydrogen) atoms. The van der Waals surface area contributed by atoms with E-state index in [9.17, 15) is 61.0 Å². The Balaban J connectivity index is 1.41. The van der Waals surface area contributed by atoms with Crippen molar-refractivity contribution in [1.82, 2.24) is 5.32 Å². The molecule has 19 nitrogen and oxygen atoms in total. The van der Waals surface area contributed by atoms with Crippen LogP contribution in [0, 0.1) is 0 Å². The van der Waals surface area contributed by atoms with Crippen molar-refractivity contribution in [2.24, 2.45) is 0 Å². The molecule has 0 radical (unpaired) electrons. The van der Waals surface area contributed by atoms with E-state index in [1.807, 2.05) is 0 Å². The third kappa shape index (κ3) is 34.8. The smallest absolute Gasteiger partial charge is 0.220 e. The van der Waals surface area contributed by atoms with Crippen LogP contribution in [-0.4, -0.2) is 193 Å². The van der Waals surface area contributed by atoms with Gasteiger partial charge in [0, 0.05) is 6.42 Å². The van der Waals surface area contributed by atoms with Gasteiger partial charge in [0.2, 0.25) is 5.91 Å². The molecule has 3 aliphatic rings. The van der Waals surface area contributed by atoms with Gasteiger partial charge in [0.1, 0.15) is 73.2 Å². The van der Waals surface area contributed by atoms with Crippen molar-refractivity contribution in [3.8, 4) is 0 Å². The molecule has 1 amide bonds. The highest BCUT2D eigenvalue weighted by Gasteiger charge is 2.53. The summed E-state index contributed by atoms with van der Waals surface area (Å²) in [6.07, 6.45) is 41.9. The molecule has 3 rings (SSSR count). The zero-order valence-corrected chi connectivity index (χ0v) is 55.3. The summed E-state index contributed by atoms with van der Waals surface area (Å²) >= 11 is 0. The first-order valence-corrected chi connectivity index (χ1v) is 35.0. The number of rotatable bonds is 52. The Morgan fingerprint density at radius 3 is 1.19 bits per heavy atom. The monoisotopic (exact) mass is 1290 g/mol. The number of nitrogens with one attached hydrogen (secondary N) is 1. The fraction of sp³-hybridized carbons (Fsp3) is 0.764. The molecule has 3 heterocycles. The van der Waals surface area contributed by atoms with Crippen LogP contribution in [0.3, 0.4) is 0 Å². The Labute approximate surface area is 545 Å². The second-order valence-electron chi connectivity index (χ2n) is 24.6. The maximum Gasteiger partial charge on any atom is 0.220 e. The number of allylic oxidation sites excluding steroid dienone is 16. The van der Waals surface area contributed by atoms with E-state index in [0.29, 0.717) is 12.8 Å². The maximum absolute atomic E-state index is 13.4. The molecule has 524 valence electrons. The van der Waals surface area contributed by atoms with Crippen LogP contribution >= 0.6 is 0 Å². The SMILES string of the molecule is CC/C=C\C/C=C\C/C=C\C/C=C\C/C=C\C/C=C\C/C=C\C/C=C\CCCCCCCCC(=O)NC(COC1OC(CO)C(OC2OC(CO)C(OC3OC(CO)C(O)C(O)C3O)C(O)C2O)C(O)C1O)C(O)CCCCCCCCCCCCCCCCC. The highest BCUT2D eigenvalue weighted by atomic mass is 16.8. The summed E-state index contributed by atoms with van der Waals surface area (Å²) in [4.78, 5) is 13.4. The van der Waals surface area contributed by atoms with Crippen molar-refractivity contribution in [1.29, 1.82) is 0 Å². The van der Waals surface area contributed by atoms with E-state index in [0.717, 1.165) is 116 Å². The zero-order valence-electron chi connectivity index (χ0n) is 55.3. The molecule has 0 aromatic rings. The number of hydrogen-bond acceptors (Lipinski definition) is 18. The summed E-state index contributed by atoms with van der Waals surface area (Å²) in [7, 11) is 0. The van der Waals surface area contributed by atoms with Crippen LogP contribution in [0.2, 0.25) is 0 Å². The molecular formula is C72H123NO18. The molecule has 12 N–H and O–H groups in total. The van der Waals surface area contributed by atoms with Crippen molar-refractivity contribution in [2.75, 3.05) is 26.4 Å². The van der Waals surface area contributed by atoms with Crippen molar-refractivity contribution in [3.05, 3.63) is 97.2 Å². The highest BCUT2D eigenvalue weighted by Crippen LogP contribution is 2.33. The van der Waals surface area contributed by atoms with Crippen molar-refractivity contribution >= 4 is 5.91 Å². The van der Waals surface area contributed by atoms with E-state index in [1.165, 1.54) is 70.6 Å². The topological polar surface area (TPSA) is 307 Å². The van der Waals surface area contributed by atoms with Gasteiger partial charge in [-0.1, -0.05) is 233 Å². The molecule has 0 bridgehead atoms. The van der Waals surface area contributed by atoms with E-state index in [1.54, 1.807) is 0 Å². The number of carbonyl (C=O) groups is 1. The normalized spacial score (nSPS) is 28.5. The van der Waals surface area contributed by atoms with Gasteiger partial charge in [-0.15, -0.1) is 0 Å². The van der Waals surface area contributed by atoms with E-state index in [-0.39, 0.29) is 18.9 Å². The summed E-state index contributed by atoms with van der Waals surface area (Å²) < 4.78 is 34.4. The van der Waals surface area contributed by atoms with Gasteiger partial charge >= 0.3 is 0 Å². The van der Waals surface area contributed by atoms with E-state index in [2.05, 4.69) is 116 Å². The fourth-order valence-electron chi connectivity index (χ4n) is 11.3. The number of unbranched alkanes of at least 4 members (excludes halogenated alkanes) is 20. The minimum absolute atomic E-state index is 0.243. The van der Waals surface area contributed by atoms with Crippen LogP contribution in [0.1, 0.15) is 219 Å². The van der Waals surface area contributed by atoms with Gasteiger partial charge in [0.15, 0.2) is 18.9 Å². The number of ether oxygens (including phenoxy) is 6. The van der Waals surface area contributed by atoms with Crippen LogP contribution in [-0.2, 0) is 33.2 Å². The molecule has 0 aromatic carbocycles. The summed E-state index contributed by atoms with van der Waals surface area (Å²) in [6, 6.07) is -0.902. The lowest BCUT2D eigenvalue weighted by molar-refractivity contribution is -0.379. The van der Waals surface area contributed by atoms with Gasteiger partial charge in [-0.2, -0.15) is 0 Å². The van der Waals surface area contributed by atoms with Gasteiger partial charge in [-0.25, -0.2) is 0 Å². The predicted molar refractivity (Wildman–Crippen MR) is 355 cm³/mol. The number of hydrogen-bond donors (Lipinski definition) is 12. The Morgan fingerprint density at radius 2 is 0.758 bits per heavy atom. The van der Waals surface area contributed by atoms with Gasteiger partial charge in [0.05, 0.1) is 38.6 Å². The summed E-state index contributed by atoms with van der Waals surface area (Å²) in [5.74, 6) is -0.261. The lowest BCUT2D eigenvalue weighted by atomic mass is 9.96. The molecule has 17 unspecified atom stereocenters. The number of aliphatic hydroxyl groups is 11. The first kappa shape index (κ1) is 81.9. The van der Waals surface area contributed by atoms with Gasteiger partial charge in [-0.05, 0) is 77.0 Å². The summed E-state index contributed by atoms with van der Waals surface area (Å²) in [5, 5.41) is 121. The van der Waals surface area contributed by atoms with Crippen LogP contribution in [0.5, 0.6) is 0 Å². The van der Waals surface area contributed by atoms with Gasteiger partial charge in [0.25, 0.3) is 0 Å². The molecule has 3 fully saturated rings. The standard InChI is InChI=1S/C72H123NO18/c1-3-5-7-9-11-13-15-17-19-20-21-22-23-24-25-26-27-28-29-30-31-32-33-34-36-38-40-42-44-46-48-50-60(78)73-55(56(77)49-47-45-43-41-39-37-35-18-16-14-12-10-8-6-4-2)54-86-70-66(84)63(81)68(58(52-75)88-70)91-72-67(85)64(82)69(59(53-76)89-72)90-71-65(83)62(80)61(79)57(51-74)87-71/h5,7,11,13,17,19,21-22,24-25,27-28,30-31,33-34,55-59,61-72,74-77,79-85H,3-4,6,8-10,12,14-16,18,20,23,26,29,32,35-54H2,1-2H3,(H,73,78)/b7-5-,13-11-,19-17-,22-21-,25-24-,28-27-,31-30-,34-33-. The Hall–Kier alpha value is -3.29. The minimum atomic E-state index is -1.98. The average Bonchev–Trinajstić information content (AvgIpc) is 0.876. The van der Waals surface area contributed by atoms with Crippen molar-refractivity contribution in [2.45, 2.75) is 324 Å². The molecule has 3 aliphatic heterocycles. The van der Waals surface area contributed by atoms with Crippen molar-refractivity contribution < 1.29 is 89.4 Å². The van der Waals surface area contributed by atoms with Gasteiger partial charge < -0.3 is 89.9 Å². The van der Waals surface area contributed by atoms with E-state index >= 15 is 0 Å². The fourth-order valence-corrected chi connectivity index (χ4v) is 11.3. The maximum atomic E-state index is 13.4. The molecule has 0 saturated carbocycles. The third-order valence-corrected chi connectivity index (χ3v) is 16.9. The molecule has 17 atom stereocenters. The molecular weight excluding hydrogens is 1170 g/mol. The first-order chi connectivity index (χ1) is 44.3. The number of amides is 1. The number of aliphatic hydroxyl groups excluding tert-OH is 11. The third-order valence-electron chi connectivity index (χ3n) is 16.9. The van der Waals surface area contributed by atoms with Crippen molar-refractivity contribution in [3.63, 3.8) is 0 Å². The second-order valence-corrected chi connectivity index (χ2v) is 24.6. The molecule has 0 aromatic heterocycles. The minimum Gasteiger partial charge on any atom is -0.394 e. The van der Waals surface area contributed by atoms with Gasteiger partial charge in [-0.3, -0.25) is 4.79 Å². The molecule has 19 heteroatoms. The van der Waals surface area contributed by atoms with E-state index in [4.69, 9.17) is 28.4 Å². The molecule has 0 aliphatic carbocycles. The molecule has 0 spiro atoms. The van der Waals surface area contributed by atoms with Crippen LogP contribution < -0.4 is 5.32 Å². The molecule has 3 saturated heterocycles. The van der Waals surface area contributed by atoms with E-state index < -0.39 is 124 Å². The van der Waals surface area contributed by atoms with Crippen LogP contribution in [0.25, 0.3) is 0 Å². The first-order valence-electron chi connectivity index (χ1n) is 35.0. The number of carbonyl (C=O) groups excluding carboxylic acids is 1. The Kier molecular flexibility index (Phi) is 47.7.